The molecule has 29 heavy (non-hydrogen) atoms. The van der Waals surface area contributed by atoms with Crippen LogP contribution >= 0.6 is 15.9 Å². The molecule has 1 heterocycles. The van der Waals surface area contributed by atoms with E-state index < -0.39 is 6.03 Å². The average Bonchev–Trinajstić information content (AvgIpc) is 2.99. The number of benzene rings is 3. The summed E-state index contributed by atoms with van der Waals surface area (Å²) in [5.41, 5.74) is 2.14. The van der Waals surface area contributed by atoms with Crippen LogP contribution in [0, 0.1) is 0 Å². The van der Waals surface area contributed by atoms with Gasteiger partial charge in [0.1, 0.15) is 18.1 Å². The molecule has 0 aliphatic carbocycles. The van der Waals surface area contributed by atoms with E-state index in [0.717, 1.165) is 15.6 Å². The fourth-order valence-electron chi connectivity index (χ4n) is 3.24. The molecule has 3 aromatic rings. The Morgan fingerprint density at radius 3 is 2.55 bits per heavy atom. The zero-order valence-electron chi connectivity index (χ0n) is 15.8. The van der Waals surface area contributed by atoms with Crippen LogP contribution in [0.4, 0.5) is 4.79 Å². The molecule has 1 N–H and O–H groups in total. The van der Waals surface area contributed by atoms with Crippen molar-refractivity contribution in [1.29, 1.82) is 0 Å². The van der Waals surface area contributed by atoms with E-state index in [-0.39, 0.29) is 11.6 Å². The first-order chi connectivity index (χ1) is 14.0. The minimum atomic E-state index is -0.391. The molecule has 1 saturated heterocycles. The molecular formula is C23H19BrN2O3. The largest absolute Gasteiger partial charge is 0.488 e. The van der Waals surface area contributed by atoms with Crippen molar-refractivity contribution < 1.29 is 14.3 Å². The molecule has 6 heteroatoms. The summed E-state index contributed by atoms with van der Waals surface area (Å²) in [6.07, 6.45) is 1.66. The van der Waals surface area contributed by atoms with Crippen molar-refractivity contribution in [1.82, 2.24) is 10.2 Å². The van der Waals surface area contributed by atoms with E-state index in [9.17, 15) is 9.59 Å². The molecule has 1 aliphatic heterocycles. The lowest BCUT2D eigenvalue weighted by atomic mass is 10.1. The molecule has 3 amide bonds. The number of carbonyl (C=O) groups excluding carboxylic acids is 2. The molecule has 146 valence electrons. The second-order valence-electron chi connectivity index (χ2n) is 6.70. The van der Waals surface area contributed by atoms with Crippen molar-refractivity contribution in [2.45, 2.75) is 13.5 Å². The summed E-state index contributed by atoms with van der Waals surface area (Å²) in [5, 5.41) is 4.98. The normalized spacial score (nSPS) is 15.2. The summed E-state index contributed by atoms with van der Waals surface area (Å²) in [4.78, 5) is 25.1. The van der Waals surface area contributed by atoms with Gasteiger partial charge in [-0.3, -0.25) is 9.69 Å². The summed E-state index contributed by atoms with van der Waals surface area (Å²) in [6, 6.07) is 19.6. The third kappa shape index (κ3) is 4.03. The Balaban J connectivity index is 1.48. The van der Waals surface area contributed by atoms with Crippen LogP contribution in [0.25, 0.3) is 16.8 Å². The Labute approximate surface area is 177 Å². The lowest BCUT2D eigenvalue weighted by Crippen LogP contribution is -2.30. The SMILES string of the molecule is CCN1C(=O)N/C(=C/c2ccc(OCc3ccc4ccccc4c3)c(Br)c2)C1=O. The minimum Gasteiger partial charge on any atom is -0.488 e. The van der Waals surface area contributed by atoms with Crippen LogP contribution in [-0.4, -0.2) is 23.4 Å². The molecule has 0 radical (unpaired) electrons. The molecule has 0 aromatic heterocycles. The number of rotatable bonds is 5. The van der Waals surface area contributed by atoms with Gasteiger partial charge in [-0.05, 0) is 69.0 Å². The highest BCUT2D eigenvalue weighted by Crippen LogP contribution is 2.28. The number of imide groups is 1. The second kappa shape index (κ2) is 8.09. The van der Waals surface area contributed by atoms with E-state index in [4.69, 9.17) is 4.74 Å². The average molecular weight is 451 g/mol. The molecular weight excluding hydrogens is 432 g/mol. The van der Waals surface area contributed by atoms with E-state index in [0.29, 0.717) is 18.9 Å². The van der Waals surface area contributed by atoms with Crippen molar-refractivity contribution >= 4 is 44.7 Å². The van der Waals surface area contributed by atoms with Gasteiger partial charge in [-0.2, -0.15) is 0 Å². The fourth-order valence-corrected chi connectivity index (χ4v) is 3.75. The van der Waals surface area contributed by atoms with Gasteiger partial charge in [0.15, 0.2) is 0 Å². The van der Waals surface area contributed by atoms with Gasteiger partial charge in [0.2, 0.25) is 0 Å². The number of carbonyl (C=O) groups is 2. The van der Waals surface area contributed by atoms with Gasteiger partial charge in [0, 0.05) is 6.54 Å². The maximum atomic E-state index is 12.2. The summed E-state index contributed by atoms with van der Waals surface area (Å²) in [5.74, 6) is 0.391. The standard InChI is InChI=1S/C23H19BrN2O3/c1-2-26-22(27)20(25-23(26)28)13-15-8-10-21(19(24)12-15)29-14-16-7-9-17-5-3-4-6-18(17)11-16/h3-13H,2,14H2,1H3,(H,25,28)/b20-13+. The maximum absolute atomic E-state index is 12.2. The molecule has 0 atom stereocenters. The molecule has 0 bridgehead atoms. The van der Waals surface area contributed by atoms with E-state index >= 15 is 0 Å². The number of amides is 3. The van der Waals surface area contributed by atoms with Crippen molar-refractivity contribution in [3.8, 4) is 5.75 Å². The van der Waals surface area contributed by atoms with E-state index in [1.54, 1.807) is 13.0 Å². The molecule has 0 unspecified atom stereocenters. The van der Waals surface area contributed by atoms with Gasteiger partial charge in [-0.15, -0.1) is 0 Å². The number of fused-ring (bicyclic) bond motifs is 1. The Morgan fingerprint density at radius 1 is 1.03 bits per heavy atom. The quantitative estimate of drug-likeness (QED) is 0.434. The van der Waals surface area contributed by atoms with E-state index in [1.807, 2.05) is 30.3 Å². The van der Waals surface area contributed by atoms with Gasteiger partial charge in [0.25, 0.3) is 5.91 Å². The molecule has 0 saturated carbocycles. The number of hydrogen-bond acceptors (Lipinski definition) is 3. The lowest BCUT2D eigenvalue weighted by Gasteiger charge is -2.10. The Bertz CT molecular complexity index is 1140. The number of likely N-dealkylation sites (N-methyl/N-ethyl adjacent to an activating group) is 1. The summed E-state index contributed by atoms with van der Waals surface area (Å²) >= 11 is 3.53. The Morgan fingerprint density at radius 2 is 1.83 bits per heavy atom. The number of ether oxygens (including phenoxy) is 1. The van der Waals surface area contributed by atoms with E-state index in [1.165, 1.54) is 15.7 Å². The highest BCUT2D eigenvalue weighted by atomic mass is 79.9. The van der Waals surface area contributed by atoms with Crippen LogP contribution in [0.3, 0.4) is 0 Å². The predicted molar refractivity (Wildman–Crippen MR) is 116 cm³/mol. The zero-order valence-corrected chi connectivity index (χ0v) is 17.4. The van der Waals surface area contributed by atoms with Crippen LogP contribution < -0.4 is 10.1 Å². The monoisotopic (exact) mass is 450 g/mol. The first-order valence-corrected chi connectivity index (χ1v) is 10.1. The Hall–Kier alpha value is -3.12. The topological polar surface area (TPSA) is 58.6 Å². The van der Waals surface area contributed by atoms with Gasteiger partial charge in [-0.25, -0.2) is 4.79 Å². The smallest absolute Gasteiger partial charge is 0.328 e. The second-order valence-corrected chi connectivity index (χ2v) is 7.55. The number of nitrogens with one attached hydrogen (secondary N) is 1. The first-order valence-electron chi connectivity index (χ1n) is 9.29. The van der Waals surface area contributed by atoms with Crippen molar-refractivity contribution in [3.05, 3.63) is 82.0 Å². The molecule has 1 aliphatic rings. The highest BCUT2D eigenvalue weighted by Gasteiger charge is 2.31. The third-order valence-corrected chi connectivity index (χ3v) is 5.37. The summed E-state index contributed by atoms with van der Waals surface area (Å²) in [7, 11) is 0. The van der Waals surface area contributed by atoms with Crippen molar-refractivity contribution in [2.24, 2.45) is 0 Å². The van der Waals surface area contributed by atoms with Crippen molar-refractivity contribution in [3.63, 3.8) is 0 Å². The summed E-state index contributed by atoms with van der Waals surface area (Å²) < 4.78 is 6.73. The van der Waals surface area contributed by atoms with Crippen LogP contribution in [0.2, 0.25) is 0 Å². The fraction of sp³-hybridized carbons (Fsp3) is 0.130. The van der Waals surface area contributed by atoms with Gasteiger partial charge in [-0.1, -0.05) is 42.5 Å². The highest BCUT2D eigenvalue weighted by molar-refractivity contribution is 9.10. The molecule has 5 nitrogen and oxygen atoms in total. The molecule has 3 aromatic carbocycles. The van der Waals surface area contributed by atoms with Crippen LogP contribution in [-0.2, 0) is 11.4 Å². The molecule has 1 fully saturated rings. The maximum Gasteiger partial charge on any atom is 0.328 e. The predicted octanol–water partition coefficient (Wildman–Crippen LogP) is 5.09. The summed E-state index contributed by atoms with van der Waals surface area (Å²) in [6.45, 7) is 2.55. The van der Waals surface area contributed by atoms with E-state index in [2.05, 4.69) is 51.6 Å². The Kier molecular flexibility index (Phi) is 5.36. The van der Waals surface area contributed by atoms with Crippen LogP contribution in [0.1, 0.15) is 18.1 Å². The van der Waals surface area contributed by atoms with Crippen LogP contribution in [0.5, 0.6) is 5.75 Å². The van der Waals surface area contributed by atoms with Crippen LogP contribution in [0.15, 0.2) is 70.8 Å². The zero-order chi connectivity index (χ0) is 20.4. The molecule has 0 spiro atoms. The lowest BCUT2D eigenvalue weighted by molar-refractivity contribution is -0.122. The minimum absolute atomic E-state index is 0.272. The van der Waals surface area contributed by atoms with Gasteiger partial charge < -0.3 is 10.1 Å². The third-order valence-electron chi connectivity index (χ3n) is 4.75. The number of hydrogen-bond donors (Lipinski definition) is 1. The molecule has 4 rings (SSSR count). The van der Waals surface area contributed by atoms with Gasteiger partial charge in [0.05, 0.1) is 4.47 Å². The number of nitrogens with zero attached hydrogens (tertiary/aromatic N) is 1. The van der Waals surface area contributed by atoms with Crippen molar-refractivity contribution in [2.75, 3.05) is 6.54 Å². The first kappa shape index (κ1) is 19.2. The number of halogens is 1. The van der Waals surface area contributed by atoms with Gasteiger partial charge >= 0.3 is 6.03 Å². The number of urea groups is 1.